The highest BCUT2D eigenvalue weighted by Gasteiger charge is 2.27. The fourth-order valence-corrected chi connectivity index (χ4v) is 4.93. The third-order valence-corrected chi connectivity index (χ3v) is 6.57. The first kappa shape index (κ1) is 20.5. The van der Waals surface area contributed by atoms with Crippen LogP contribution in [0.25, 0.3) is 5.57 Å². The molecule has 2 aliphatic heterocycles. The smallest absolute Gasteiger partial charge is 0.159 e. The number of hydrogen-bond donors (Lipinski definition) is 0. The quantitative estimate of drug-likeness (QED) is 0.564. The maximum atomic E-state index is 5.90. The molecule has 0 amide bonds. The lowest BCUT2D eigenvalue weighted by Crippen LogP contribution is -2.39. The molecule has 4 rings (SSSR count). The predicted octanol–water partition coefficient (Wildman–Crippen LogP) is 5.38. The molecule has 2 heterocycles. The van der Waals surface area contributed by atoms with Gasteiger partial charge < -0.3 is 19.1 Å². The van der Waals surface area contributed by atoms with Crippen molar-refractivity contribution in [3.8, 4) is 5.75 Å². The van der Waals surface area contributed by atoms with E-state index in [1.807, 2.05) is 0 Å². The second-order valence-corrected chi connectivity index (χ2v) is 8.74. The van der Waals surface area contributed by atoms with Gasteiger partial charge >= 0.3 is 0 Å². The molecular weight excluding hydrogens is 430 g/mol. The molecule has 0 spiro atoms. The van der Waals surface area contributed by atoms with Gasteiger partial charge in [-0.3, -0.25) is 0 Å². The van der Waals surface area contributed by atoms with E-state index in [2.05, 4.69) is 70.2 Å². The van der Waals surface area contributed by atoms with Crippen molar-refractivity contribution >= 4 is 27.2 Å². The maximum absolute atomic E-state index is 5.90. The third-order valence-electron chi connectivity index (χ3n) is 5.94. The molecule has 5 heteroatoms. The summed E-state index contributed by atoms with van der Waals surface area (Å²) in [5.74, 6) is 1.42. The van der Waals surface area contributed by atoms with E-state index in [0.29, 0.717) is 12.5 Å². The van der Waals surface area contributed by atoms with Crippen LogP contribution in [0.1, 0.15) is 29.5 Å². The zero-order valence-corrected chi connectivity index (χ0v) is 18.9. The average Bonchev–Trinajstić information content (AvgIpc) is 2.75. The summed E-state index contributed by atoms with van der Waals surface area (Å²) in [5, 5.41) is 0. The lowest BCUT2D eigenvalue weighted by Gasteiger charge is -2.36. The molecule has 0 N–H and O–H groups in total. The monoisotopic (exact) mass is 457 g/mol. The fourth-order valence-electron chi connectivity index (χ4n) is 4.38. The van der Waals surface area contributed by atoms with Gasteiger partial charge in [0.15, 0.2) is 6.29 Å². The molecule has 2 aliphatic rings. The fraction of sp³-hybridized carbons (Fsp3) is 0.417. The van der Waals surface area contributed by atoms with Gasteiger partial charge in [0.05, 0.1) is 0 Å². The van der Waals surface area contributed by atoms with Crippen LogP contribution in [0.4, 0.5) is 5.69 Å². The highest BCUT2D eigenvalue weighted by molar-refractivity contribution is 9.11. The van der Waals surface area contributed by atoms with E-state index >= 15 is 0 Å². The Kier molecular flexibility index (Phi) is 6.28. The molecule has 2 aromatic carbocycles. The maximum Gasteiger partial charge on any atom is 0.159 e. The van der Waals surface area contributed by atoms with Crippen molar-refractivity contribution in [3.63, 3.8) is 0 Å². The van der Waals surface area contributed by atoms with Gasteiger partial charge in [-0.1, -0.05) is 40.2 Å². The van der Waals surface area contributed by atoms with Gasteiger partial charge in [-0.2, -0.15) is 0 Å². The van der Waals surface area contributed by atoms with Crippen molar-refractivity contribution < 1.29 is 14.2 Å². The second kappa shape index (κ2) is 8.90. The third kappa shape index (κ3) is 4.23. The van der Waals surface area contributed by atoms with Crippen LogP contribution < -0.4 is 9.64 Å². The standard InChI is InChI=1S/C24H28BrNO3/c1-16-4-9-20-22(14-16)29-15-21(25)23(20)17-5-7-19(8-6-17)26-12-10-18(11-13-26)24(27-2)28-3/h4-9,14,18,24H,10-13,15H2,1-3H3. The molecular formula is C24H28BrNO3. The molecule has 29 heavy (non-hydrogen) atoms. The summed E-state index contributed by atoms with van der Waals surface area (Å²) in [7, 11) is 3.45. The molecule has 4 nitrogen and oxygen atoms in total. The highest BCUT2D eigenvalue weighted by Crippen LogP contribution is 2.40. The summed E-state index contributed by atoms with van der Waals surface area (Å²) in [6.07, 6.45) is 2.06. The van der Waals surface area contributed by atoms with Gasteiger partial charge in [0.25, 0.3) is 0 Å². The summed E-state index contributed by atoms with van der Waals surface area (Å²) < 4.78 is 17.9. The molecule has 1 fully saturated rings. The zero-order valence-electron chi connectivity index (χ0n) is 17.3. The number of halogens is 1. The van der Waals surface area contributed by atoms with Gasteiger partial charge in [-0.25, -0.2) is 0 Å². The van der Waals surface area contributed by atoms with Crippen LogP contribution in [0.3, 0.4) is 0 Å². The van der Waals surface area contributed by atoms with E-state index in [1.165, 1.54) is 22.4 Å². The van der Waals surface area contributed by atoms with E-state index in [-0.39, 0.29) is 6.29 Å². The van der Waals surface area contributed by atoms with Gasteiger partial charge in [0.2, 0.25) is 0 Å². The first-order valence-corrected chi connectivity index (χ1v) is 10.9. The number of hydrogen-bond acceptors (Lipinski definition) is 4. The van der Waals surface area contributed by atoms with Crippen LogP contribution in [0.2, 0.25) is 0 Å². The first-order chi connectivity index (χ1) is 14.1. The van der Waals surface area contributed by atoms with Gasteiger partial charge in [-0.05, 0) is 49.1 Å². The molecule has 0 aliphatic carbocycles. The molecule has 0 saturated carbocycles. The summed E-state index contributed by atoms with van der Waals surface area (Å²) >= 11 is 3.73. The van der Waals surface area contributed by atoms with Crippen LogP contribution in [0, 0.1) is 12.8 Å². The van der Waals surface area contributed by atoms with E-state index in [1.54, 1.807) is 14.2 Å². The van der Waals surface area contributed by atoms with Crippen LogP contribution >= 0.6 is 15.9 Å². The van der Waals surface area contributed by atoms with Crippen LogP contribution in [0.15, 0.2) is 46.9 Å². The van der Waals surface area contributed by atoms with Crippen LogP contribution in [-0.4, -0.2) is 40.2 Å². The van der Waals surface area contributed by atoms with Crippen molar-refractivity contribution in [1.29, 1.82) is 0 Å². The number of anilines is 1. The molecule has 0 radical (unpaired) electrons. The van der Waals surface area contributed by atoms with Crippen molar-refractivity contribution in [2.24, 2.45) is 5.92 Å². The van der Waals surface area contributed by atoms with Gasteiger partial charge in [0, 0.05) is 54.5 Å². The lowest BCUT2D eigenvalue weighted by atomic mass is 9.93. The summed E-state index contributed by atoms with van der Waals surface area (Å²) in [5.41, 5.74) is 6.06. The number of benzene rings is 2. The minimum Gasteiger partial charge on any atom is -0.488 e. The number of piperidine rings is 1. The largest absolute Gasteiger partial charge is 0.488 e. The molecule has 0 aromatic heterocycles. The van der Waals surface area contributed by atoms with E-state index < -0.39 is 0 Å². The molecule has 0 atom stereocenters. The Morgan fingerprint density at radius 3 is 2.38 bits per heavy atom. The van der Waals surface area contributed by atoms with Crippen molar-refractivity contribution in [3.05, 3.63) is 63.6 Å². The predicted molar refractivity (Wildman–Crippen MR) is 121 cm³/mol. The Hall–Kier alpha value is -1.82. The van der Waals surface area contributed by atoms with E-state index in [4.69, 9.17) is 14.2 Å². The number of aryl methyl sites for hydroxylation is 1. The van der Waals surface area contributed by atoms with Crippen LogP contribution in [-0.2, 0) is 9.47 Å². The summed E-state index contributed by atoms with van der Waals surface area (Å²) in [6, 6.07) is 15.3. The topological polar surface area (TPSA) is 30.9 Å². The Bertz CT molecular complexity index is 881. The van der Waals surface area contributed by atoms with Gasteiger partial charge in [-0.15, -0.1) is 0 Å². The van der Waals surface area contributed by atoms with Crippen molar-refractivity contribution in [2.45, 2.75) is 26.1 Å². The Labute approximate surface area is 181 Å². The summed E-state index contributed by atoms with van der Waals surface area (Å²) in [4.78, 5) is 2.45. The number of fused-ring (bicyclic) bond motifs is 1. The molecule has 0 unspecified atom stereocenters. The normalized spacial score (nSPS) is 17.5. The van der Waals surface area contributed by atoms with Crippen molar-refractivity contribution in [2.75, 3.05) is 38.8 Å². The average molecular weight is 458 g/mol. The zero-order chi connectivity index (χ0) is 20.4. The Morgan fingerprint density at radius 2 is 1.72 bits per heavy atom. The summed E-state index contributed by atoms with van der Waals surface area (Å²) in [6.45, 7) is 4.71. The van der Waals surface area contributed by atoms with Crippen molar-refractivity contribution in [1.82, 2.24) is 0 Å². The molecule has 0 bridgehead atoms. The number of methoxy groups -OCH3 is 2. The van der Waals surface area contributed by atoms with Gasteiger partial charge in [0.1, 0.15) is 12.4 Å². The number of ether oxygens (including phenoxy) is 3. The second-order valence-electron chi connectivity index (χ2n) is 7.78. The number of nitrogens with zero attached hydrogens (tertiary/aromatic N) is 1. The lowest BCUT2D eigenvalue weighted by molar-refractivity contribution is -0.141. The van der Waals surface area contributed by atoms with E-state index in [0.717, 1.165) is 41.7 Å². The molecule has 2 aromatic rings. The Balaban J connectivity index is 1.51. The molecule has 154 valence electrons. The number of rotatable bonds is 5. The van der Waals surface area contributed by atoms with E-state index in [9.17, 15) is 0 Å². The first-order valence-electron chi connectivity index (χ1n) is 10.1. The Morgan fingerprint density at radius 1 is 1.03 bits per heavy atom. The minimum absolute atomic E-state index is 0.0963. The highest BCUT2D eigenvalue weighted by atomic mass is 79.9. The SMILES string of the molecule is COC(OC)C1CCN(c2ccc(C3=C(Br)COc4cc(C)ccc43)cc2)CC1. The van der Waals surface area contributed by atoms with Crippen LogP contribution in [0.5, 0.6) is 5.75 Å². The molecule has 1 saturated heterocycles. The minimum atomic E-state index is -0.0963.